The van der Waals surface area contributed by atoms with Crippen molar-refractivity contribution in [3.8, 4) is 0 Å². The van der Waals surface area contributed by atoms with Crippen molar-refractivity contribution in [3.05, 3.63) is 17.7 Å². The number of amides is 2. The van der Waals surface area contributed by atoms with Gasteiger partial charge in [-0.3, -0.25) is 4.79 Å². The largest absolute Gasteiger partial charge is 0.444 e. The first-order valence-corrected chi connectivity index (χ1v) is 9.62. The molecule has 2 amide bonds. The van der Waals surface area contributed by atoms with Gasteiger partial charge in [-0.25, -0.2) is 9.78 Å². The SMILES string of the molecule is CC(C)(C)OC(=O)N1CCC2(CC1)c1nc[nH]c1CCN2C(=O)C1CC1. The molecule has 26 heavy (non-hydrogen) atoms. The number of likely N-dealkylation sites (tertiary alicyclic amines) is 1. The number of nitrogens with zero attached hydrogens (tertiary/aromatic N) is 3. The van der Waals surface area contributed by atoms with Gasteiger partial charge in [-0.1, -0.05) is 0 Å². The van der Waals surface area contributed by atoms with Crippen LogP contribution in [0.3, 0.4) is 0 Å². The summed E-state index contributed by atoms with van der Waals surface area (Å²) in [6, 6.07) is 0. The van der Waals surface area contributed by atoms with Crippen molar-refractivity contribution in [2.45, 2.75) is 64.0 Å². The van der Waals surface area contributed by atoms with Gasteiger partial charge in [-0.2, -0.15) is 0 Å². The average Bonchev–Trinajstić information content (AvgIpc) is 3.31. The summed E-state index contributed by atoms with van der Waals surface area (Å²) in [7, 11) is 0. The minimum absolute atomic E-state index is 0.191. The molecule has 3 aliphatic rings. The number of nitrogens with one attached hydrogen (secondary N) is 1. The first kappa shape index (κ1) is 17.4. The third-order valence-electron chi connectivity index (χ3n) is 5.70. The minimum atomic E-state index is -0.500. The summed E-state index contributed by atoms with van der Waals surface area (Å²) >= 11 is 0. The van der Waals surface area contributed by atoms with Crippen LogP contribution in [0.25, 0.3) is 0 Å². The topological polar surface area (TPSA) is 78.5 Å². The number of fused-ring (bicyclic) bond motifs is 2. The quantitative estimate of drug-likeness (QED) is 0.834. The summed E-state index contributed by atoms with van der Waals surface area (Å²) in [5.41, 5.74) is 1.25. The highest BCUT2D eigenvalue weighted by Crippen LogP contribution is 2.45. The van der Waals surface area contributed by atoms with Crippen LogP contribution in [-0.4, -0.2) is 57.0 Å². The van der Waals surface area contributed by atoms with Crippen LogP contribution in [0.2, 0.25) is 0 Å². The number of carbonyl (C=O) groups is 2. The highest BCUT2D eigenvalue weighted by atomic mass is 16.6. The second-order valence-electron chi connectivity index (χ2n) is 8.74. The van der Waals surface area contributed by atoms with Crippen molar-refractivity contribution < 1.29 is 14.3 Å². The highest BCUT2D eigenvalue weighted by Gasteiger charge is 2.51. The maximum absolute atomic E-state index is 13.0. The predicted molar refractivity (Wildman–Crippen MR) is 95.4 cm³/mol. The standard InChI is InChI=1S/C19H28N4O3/c1-18(2,3)26-17(25)22-10-7-19(8-11-22)15-14(20-12-21-15)6-9-23(19)16(24)13-4-5-13/h12-13H,4-11H2,1-3H3,(H,20,21). The molecule has 1 aliphatic carbocycles. The molecule has 1 aromatic heterocycles. The van der Waals surface area contributed by atoms with Gasteiger partial charge in [0.2, 0.25) is 5.91 Å². The van der Waals surface area contributed by atoms with E-state index in [4.69, 9.17) is 4.74 Å². The maximum Gasteiger partial charge on any atom is 0.410 e. The molecule has 0 atom stereocenters. The molecule has 7 nitrogen and oxygen atoms in total. The van der Waals surface area contributed by atoms with Crippen LogP contribution in [0.4, 0.5) is 4.79 Å². The monoisotopic (exact) mass is 360 g/mol. The van der Waals surface area contributed by atoms with Crippen molar-refractivity contribution in [3.63, 3.8) is 0 Å². The summed E-state index contributed by atoms with van der Waals surface area (Å²) in [6.07, 6.45) is 5.71. The second kappa shape index (κ2) is 5.99. The van der Waals surface area contributed by atoms with Crippen LogP contribution in [0.5, 0.6) is 0 Å². The molecule has 1 N–H and O–H groups in total. The molecule has 1 saturated heterocycles. The Labute approximate surface area is 154 Å². The van der Waals surface area contributed by atoms with Gasteiger partial charge in [0, 0.05) is 37.7 Å². The molecule has 0 aromatic carbocycles. The Morgan fingerprint density at radius 3 is 2.54 bits per heavy atom. The van der Waals surface area contributed by atoms with Gasteiger partial charge in [-0.15, -0.1) is 0 Å². The van der Waals surface area contributed by atoms with E-state index in [1.807, 2.05) is 20.8 Å². The first-order valence-electron chi connectivity index (χ1n) is 9.62. The van der Waals surface area contributed by atoms with Gasteiger partial charge in [0.15, 0.2) is 0 Å². The molecule has 0 unspecified atom stereocenters. The number of piperidine rings is 1. The van der Waals surface area contributed by atoms with Crippen molar-refractivity contribution in [1.29, 1.82) is 0 Å². The van der Waals surface area contributed by atoms with Crippen molar-refractivity contribution in [1.82, 2.24) is 19.8 Å². The van der Waals surface area contributed by atoms with E-state index in [0.29, 0.717) is 25.9 Å². The van der Waals surface area contributed by atoms with Gasteiger partial charge in [0.1, 0.15) is 5.60 Å². The molecule has 2 aliphatic heterocycles. The zero-order chi connectivity index (χ0) is 18.5. The lowest BCUT2D eigenvalue weighted by molar-refractivity contribution is -0.143. The number of aromatic nitrogens is 2. The molecule has 0 radical (unpaired) electrons. The minimum Gasteiger partial charge on any atom is -0.444 e. The number of H-pyrrole nitrogens is 1. The molecular weight excluding hydrogens is 332 g/mol. The number of aromatic amines is 1. The van der Waals surface area contributed by atoms with E-state index >= 15 is 0 Å². The average molecular weight is 360 g/mol. The molecule has 1 saturated carbocycles. The first-order chi connectivity index (χ1) is 12.3. The van der Waals surface area contributed by atoms with Gasteiger partial charge in [-0.05, 0) is 46.5 Å². The van der Waals surface area contributed by atoms with Crippen molar-refractivity contribution >= 4 is 12.0 Å². The summed E-state index contributed by atoms with van der Waals surface area (Å²) in [5, 5.41) is 0. The van der Waals surface area contributed by atoms with E-state index < -0.39 is 5.60 Å². The molecule has 142 valence electrons. The third kappa shape index (κ3) is 2.97. The predicted octanol–water partition coefficient (Wildman–Crippen LogP) is 2.43. The number of hydrogen-bond acceptors (Lipinski definition) is 4. The molecule has 1 spiro atoms. The van der Waals surface area contributed by atoms with E-state index in [2.05, 4.69) is 14.9 Å². The van der Waals surface area contributed by atoms with Crippen molar-refractivity contribution in [2.24, 2.45) is 5.92 Å². The van der Waals surface area contributed by atoms with Crippen LogP contribution < -0.4 is 0 Å². The number of hydrogen-bond donors (Lipinski definition) is 1. The molecule has 4 rings (SSSR count). The normalized spacial score (nSPS) is 22.3. The number of carbonyl (C=O) groups excluding carboxylic acids is 2. The summed E-state index contributed by atoms with van der Waals surface area (Å²) in [6.45, 7) is 7.53. The summed E-state index contributed by atoms with van der Waals surface area (Å²) < 4.78 is 5.51. The maximum atomic E-state index is 13.0. The molecule has 1 aromatic rings. The Balaban J connectivity index is 1.56. The Morgan fingerprint density at radius 2 is 1.92 bits per heavy atom. The Kier molecular flexibility index (Phi) is 4.00. The fourth-order valence-electron chi connectivity index (χ4n) is 4.24. The van der Waals surface area contributed by atoms with Gasteiger partial charge in [0.25, 0.3) is 0 Å². The molecule has 7 heteroatoms. The lowest BCUT2D eigenvalue weighted by Crippen LogP contribution is -2.59. The van der Waals surface area contributed by atoms with Gasteiger partial charge < -0.3 is 19.5 Å². The number of imidazole rings is 1. The third-order valence-corrected chi connectivity index (χ3v) is 5.70. The second-order valence-corrected chi connectivity index (χ2v) is 8.74. The fraction of sp³-hybridized carbons (Fsp3) is 0.737. The lowest BCUT2D eigenvalue weighted by atomic mass is 9.78. The Morgan fingerprint density at radius 1 is 1.23 bits per heavy atom. The van der Waals surface area contributed by atoms with Gasteiger partial charge in [0.05, 0.1) is 17.6 Å². The van der Waals surface area contributed by atoms with Crippen LogP contribution >= 0.6 is 0 Å². The van der Waals surface area contributed by atoms with Crippen LogP contribution in [0.15, 0.2) is 6.33 Å². The van der Waals surface area contributed by atoms with Crippen molar-refractivity contribution in [2.75, 3.05) is 19.6 Å². The van der Waals surface area contributed by atoms with E-state index in [9.17, 15) is 9.59 Å². The van der Waals surface area contributed by atoms with E-state index in [-0.39, 0.29) is 23.5 Å². The fourth-order valence-corrected chi connectivity index (χ4v) is 4.24. The smallest absolute Gasteiger partial charge is 0.410 e. The summed E-state index contributed by atoms with van der Waals surface area (Å²) in [4.78, 5) is 37.0. The molecule has 0 bridgehead atoms. The number of ether oxygens (including phenoxy) is 1. The van der Waals surface area contributed by atoms with Gasteiger partial charge >= 0.3 is 6.09 Å². The zero-order valence-electron chi connectivity index (χ0n) is 15.9. The van der Waals surface area contributed by atoms with Crippen LogP contribution in [0, 0.1) is 5.92 Å². The van der Waals surface area contributed by atoms with Crippen LogP contribution in [-0.2, 0) is 21.5 Å². The molecule has 3 heterocycles. The lowest BCUT2D eigenvalue weighted by Gasteiger charge is -2.50. The number of rotatable bonds is 1. The highest BCUT2D eigenvalue weighted by molar-refractivity contribution is 5.82. The van der Waals surface area contributed by atoms with E-state index in [0.717, 1.165) is 37.2 Å². The molecule has 2 fully saturated rings. The van der Waals surface area contributed by atoms with Crippen LogP contribution in [0.1, 0.15) is 57.8 Å². The molecular formula is C19H28N4O3. The van der Waals surface area contributed by atoms with E-state index in [1.54, 1.807) is 11.2 Å². The Hall–Kier alpha value is -2.05. The summed E-state index contributed by atoms with van der Waals surface area (Å²) in [5.74, 6) is 0.459. The van der Waals surface area contributed by atoms with E-state index in [1.165, 1.54) is 0 Å². The Bertz CT molecular complexity index is 709. The zero-order valence-corrected chi connectivity index (χ0v) is 15.9.